The van der Waals surface area contributed by atoms with Gasteiger partial charge in [0.15, 0.2) is 0 Å². The predicted molar refractivity (Wildman–Crippen MR) is 106 cm³/mol. The maximum atomic E-state index is 12.6. The number of nitrogens with zero attached hydrogens (tertiary/aromatic N) is 1. The van der Waals surface area contributed by atoms with Gasteiger partial charge in [-0.05, 0) is 42.2 Å². The Kier molecular flexibility index (Phi) is 5.68. The number of methoxy groups -OCH3 is 1. The first-order valence-corrected chi connectivity index (χ1v) is 9.46. The monoisotopic (exact) mass is 366 g/mol. The topological polar surface area (TPSA) is 51.2 Å². The largest absolute Gasteiger partial charge is 0.497 e. The van der Waals surface area contributed by atoms with Gasteiger partial charge >= 0.3 is 0 Å². The van der Waals surface area contributed by atoms with Gasteiger partial charge in [0, 0.05) is 17.5 Å². The van der Waals surface area contributed by atoms with Crippen LogP contribution in [0.1, 0.15) is 39.1 Å². The van der Waals surface area contributed by atoms with Crippen molar-refractivity contribution in [3.8, 4) is 5.75 Å². The summed E-state index contributed by atoms with van der Waals surface area (Å²) in [5.74, 6) is 0.671. The highest BCUT2D eigenvalue weighted by molar-refractivity contribution is 7.09. The minimum absolute atomic E-state index is 0.161. The van der Waals surface area contributed by atoms with Gasteiger partial charge in [-0.25, -0.2) is 4.98 Å². The Morgan fingerprint density at radius 3 is 2.65 bits per heavy atom. The number of hydrogen-bond acceptors (Lipinski definition) is 4. The van der Waals surface area contributed by atoms with Crippen molar-refractivity contribution in [3.63, 3.8) is 0 Å². The Bertz CT molecular complexity index is 901. The van der Waals surface area contributed by atoms with Crippen LogP contribution in [-0.2, 0) is 12.8 Å². The third kappa shape index (κ3) is 4.11. The van der Waals surface area contributed by atoms with E-state index in [1.54, 1.807) is 7.11 Å². The maximum Gasteiger partial charge on any atom is 0.275 e. The molecule has 0 aliphatic rings. The van der Waals surface area contributed by atoms with Crippen LogP contribution in [0.25, 0.3) is 0 Å². The second-order valence-corrected chi connectivity index (χ2v) is 7.01. The molecular weight excluding hydrogens is 344 g/mol. The normalized spacial score (nSPS) is 10.6. The van der Waals surface area contributed by atoms with Gasteiger partial charge in [0.25, 0.3) is 5.91 Å². The van der Waals surface area contributed by atoms with E-state index in [4.69, 9.17) is 4.74 Å². The fourth-order valence-corrected chi connectivity index (χ4v) is 3.60. The Hall–Kier alpha value is -2.66. The van der Waals surface area contributed by atoms with Crippen molar-refractivity contribution in [2.75, 3.05) is 12.4 Å². The number of thiazole rings is 1. The summed E-state index contributed by atoms with van der Waals surface area (Å²) in [7, 11) is 1.65. The van der Waals surface area contributed by atoms with E-state index in [0.717, 1.165) is 39.6 Å². The van der Waals surface area contributed by atoms with Crippen molar-refractivity contribution in [1.82, 2.24) is 4.98 Å². The molecule has 0 saturated heterocycles. The van der Waals surface area contributed by atoms with Crippen molar-refractivity contribution < 1.29 is 9.53 Å². The average Bonchev–Trinajstić information content (AvgIpc) is 3.12. The number of rotatable bonds is 6. The second-order valence-electron chi connectivity index (χ2n) is 6.07. The predicted octanol–water partition coefficient (Wildman–Crippen LogP) is 4.87. The Labute approximate surface area is 157 Å². The molecule has 3 aromatic rings. The molecule has 0 spiro atoms. The van der Waals surface area contributed by atoms with Crippen molar-refractivity contribution in [2.24, 2.45) is 0 Å². The summed E-state index contributed by atoms with van der Waals surface area (Å²) in [6.07, 6.45) is 1.57. The number of ether oxygens (including phenoxy) is 1. The van der Waals surface area contributed by atoms with Gasteiger partial charge in [0.2, 0.25) is 0 Å². The number of amides is 1. The third-order valence-corrected chi connectivity index (χ3v) is 5.13. The average molecular weight is 366 g/mol. The molecule has 3 rings (SSSR count). The number of aromatic nitrogens is 1. The number of benzene rings is 2. The number of anilines is 1. The van der Waals surface area contributed by atoms with Crippen LogP contribution in [0.2, 0.25) is 0 Å². The van der Waals surface area contributed by atoms with Crippen LogP contribution in [0.4, 0.5) is 5.69 Å². The van der Waals surface area contributed by atoms with E-state index in [1.165, 1.54) is 11.3 Å². The third-order valence-electron chi connectivity index (χ3n) is 4.28. The van der Waals surface area contributed by atoms with Gasteiger partial charge in [-0.2, -0.15) is 0 Å². The van der Waals surface area contributed by atoms with Crippen molar-refractivity contribution in [1.29, 1.82) is 0 Å². The van der Waals surface area contributed by atoms with Crippen LogP contribution in [0.5, 0.6) is 5.75 Å². The Morgan fingerprint density at radius 1 is 1.19 bits per heavy atom. The van der Waals surface area contributed by atoms with Crippen molar-refractivity contribution >= 4 is 22.9 Å². The summed E-state index contributed by atoms with van der Waals surface area (Å²) in [6.45, 7) is 4.09. The van der Waals surface area contributed by atoms with E-state index in [9.17, 15) is 4.79 Å². The molecule has 1 N–H and O–H groups in total. The smallest absolute Gasteiger partial charge is 0.275 e. The highest BCUT2D eigenvalue weighted by atomic mass is 32.1. The molecule has 0 saturated carbocycles. The number of nitrogens with one attached hydrogen (secondary N) is 1. The molecule has 134 valence electrons. The highest BCUT2D eigenvalue weighted by Crippen LogP contribution is 2.23. The fraction of sp³-hybridized carbons (Fsp3) is 0.238. The minimum atomic E-state index is -0.161. The van der Waals surface area contributed by atoms with Gasteiger partial charge < -0.3 is 10.1 Å². The first-order valence-electron chi connectivity index (χ1n) is 8.58. The van der Waals surface area contributed by atoms with E-state index < -0.39 is 0 Å². The molecule has 0 aliphatic carbocycles. The molecule has 0 fully saturated rings. The number of carbonyl (C=O) groups excluding carboxylic acids is 1. The first-order chi connectivity index (χ1) is 12.6. The lowest BCUT2D eigenvalue weighted by molar-refractivity contribution is 0.102. The molecule has 0 bridgehead atoms. The lowest BCUT2D eigenvalue weighted by atomic mass is 10.1. The van der Waals surface area contributed by atoms with E-state index in [-0.39, 0.29) is 5.91 Å². The van der Waals surface area contributed by atoms with Crippen LogP contribution < -0.4 is 10.1 Å². The molecule has 1 heterocycles. The minimum Gasteiger partial charge on any atom is -0.497 e. The summed E-state index contributed by atoms with van der Waals surface area (Å²) < 4.78 is 5.17. The second kappa shape index (κ2) is 8.15. The molecular formula is C21H22N2O2S. The van der Waals surface area contributed by atoms with Crippen molar-refractivity contribution in [3.05, 3.63) is 75.2 Å². The van der Waals surface area contributed by atoms with E-state index >= 15 is 0 Å². The molecule has 0 atom stereocenters. The molecule has 2 aromatic carbocycles. The summed E-state index contributed by atoms with van der Waals surface area (Å²) in [4.78, 5) is 17.1. The summed E-state index contributed by atoms with van der Waals surface area (Å²) in [5, 5.41) is 5.76. The quantitative estimate of drug-likeness (QED) is 0.677. The van der Waals surface area contributed by atoms with E-state index in [1.807, 2.05) is 54.8 Å². The van der Waals surface area contributed by atoms with Crippen LogP contribution in [0.15, 0.2) is 47.8 Å². The Morgan fingerprint density at radius 2 is 1.96 bits per heavy atom. The molecule has 26 heavy (non-hydrogen) atoms. The van der Waals surface area contributed by atoms with Crippen LogP contribution in [0.3, 0.4) is 0 Å². The molecule has 1 amide bonds. The molecule has 1 aromatic heterocycles. The SMILES string of the molecule is CCc1cccc(C)c1NC(=O)c1csc(Cc2ccc(OC)cc2)n1. The summed E-state index contributed by atoms with van der Waals surface area (Å²) >= 11 is 1.50. The first kappa shape index (κ1) is 18.1. The molecule has 5 heteroatoms. The standard InChI is InChI=1S/C21H22N2O2S/c1-4-16-7-5-6-14(2)20(16)23-21(24)18-13-26-19(22-18)12-15-8-10-17(25-3)11-9-15/h5-11,13H,4,12H2,1-3H3,(H,23,24). The lowest BCUT2D eigenvalue weighted by Gasteiger charge is -2.12. The van der Waals surface area contributed by atoms with Gasteiger partial charge in [0.05, 0.1) is 12.1 Å². The molecule has 0 radical (unpaired) electrons. The van der Waals surface area contributed by atoms with Gasteiger partial charge in [-0.15, -0.1) is 11.3 Å². The zero-order chi connectivity index (χ0) is 18.5. The zero-order valence-corrected chi connectivity index (χ0v) is 16.0. The van der Waals surface area contributed by atoms with E-state index in [2.05, 4.69) is 17.2 Å². The number of hydrogen-bond donors (Lipinski definition) is 1. The molecule has 4 nitrogen and oxygen atoms in total. The summed E-state index contributed by atoms with van der Waals surface area (Å²) in [5.41, 5.74) is 4.69. The maximum absolute atomic E-state index is 12.6. The van der Waals surface area contributed by atoms with Crippen LogP contribution in [0, 0.1) is 6.92 Å². The molecule has 0 aliphatic heterocycles. The van der Waals surface area contributed by atoms with Crippen LogP contribution >= 0.6 is 11.3 Å². The lowest BCUT2D eigenvalue weighted by Crippen LogP contribution is -2.14. The van der Waals surface area contributed by atoms with Crippen LogP contribution in [-0.4, -0.2) is 18.0 Å². The van der Waals surface area contributed by atoms with E-state index in [0.29, 0.717) is 12.1 Å². The highest BCUT2D eigenvalue weighted by Gasteiger charge is 2.14. The molecule has 0 unspecified atom stereocenters. The van der Waals surface area contributed by atoms with Crippen molar-refractivity contribution in [2.45, 2.75) is 26.7 Å². The fourth-order valence-electron chi connectivity index (χ4n) is 2.79. The number of para-hydroxylation sites is 1. The Balaban J connectivity index is 1.72. The number of aryl methyl sites for hydroxylation is 2. The number of carbonyl (C=O) groups is 1. The summed E-state index contributed by atoms with van der Waals surface area (Å²) in [6, 6.07) is 14.0. The van der Waals surface area contributed by atoms with Gasteiger partial charge in [-0.1, -0.05) is 37.3 Å². The van der Waals surface area contributed by atoms with Gasteiger partial charge in [0.1, 0.15) is 11.4 Å². The van der Waals surface area contributed by atoms with Gasteiger partial charge in [-0.3, -0.25) is 4.79 Å². The zero-order valence-electron chi connectivity index (χ0n) is 15.2.